The highest BCUT2D eigenvalue weighted by molar-refractivity contribution is 6.00. The van der Waals surface area contributed by atoms with E-state index in [0.29, 0.717) is 16.9 Å². The summed E-state index contributed by atoms with van der Waals surface area (Å²) in [4.78, 5) is 12.7. The lowest BCUT2D eigenvalue weighted by molar-refractivity contribution is 0.0610. The van der Waals surface area contributed by atoms with Crippen molar-refractivity contribution < 1.29 is 9.18 Å². The van der Waals surface area contributed by atoms with Crippen LogP contribution in [0.3, 0.4) is 0 Å². The molecule has 1 aromatic rings. The number of ketones is 1. The molecule has 0 aromatic heterocycles. The zero-order chi connectivity index (χ0) is 15.0. The molecule has 1 fully saturated rings. The Balaban J connectivity index is 2.09. The molecule has 1 saturated carbocycles. The number of halogens is 1. The number of carbonyl (C=O) groups is 1. The molecule has 0 bridgehead atoms. The largest absolute Gasteiger partial charge is 0.294 e. The fraction of sp³-hybridized carbons (Fsp3) is 0.611. The van der Waals surface area contributed by atoms with Gasteiger partial charge in [0.1, 0.15) is 5.82 Å². The predicted octanol–water partition coefficient (Wildman–Crippen LogP) is 5.25. The van der Waals surface area contributed by atoms with Gasteiger partial charge in [0.15, 0.2) is 5.78 Å². The molecule has 110 valence electrons. The first-order valence-electron chi connectivity index (χ1n) is 7.53. The molecule has 0 atom stereocenters. The minimum Gasteiger partial charge on any atom is -0.294 e. The van der Waals surface area contributed by atoms with Crippen LogP contribution in [0.15, 0.2) is 24.3 Å². The van der Waals surface area contributed by atoms with E-state index in [0.717, 1.165) is 25.7 Å². The molecule has 1 aliphatic rings. The van der Waals surface area contributed by atoms with Gasteiger partial charge in [0.05, 0.1) is 0 Å². The van der Waals surface area contributed by atoms with Gasteiger partial charge in [0.25, 0.3) is 0 Å². The van der Waals surface area contributed by atoms with Gasteiger partial charge in [0, 0.05) is 11.0 Å². The molecule has 1 nitrogen and oxygen atoms in total. The first kappa shape index (κ1) is 15.2. The maximum atomic E-state index is 13.0. The zero-order valence-electron chi connectivity index (χ0n) is 13.0. The average molecular weight is 276 g/mol. The van der Waals surface area contributed by atoms with Crippen molar-refractivity contribution in [3.63, 3.8) is 0 Å². The third-order valence-electron chi connectivity index (χ3n) is 4.97. The normalized spacial score (nSPS) is 27.4. The van der Waals surface area contributed by atoms with Gasteiger partial charge in [-0.1, -0.05) is 27.7 Å². The highest BCUT2D eigenvalue weighted by atomic mass is 19.1. The summed E-state index contributed by atoms with van der Waals surface area (Å²) < 4.78 is 13.0. The maximum absolute atomic E-state index is 13.0. The topological polar surface area (TPSA) is 17.1 Å². The van der Waals surface area contributed by atoms with Crippen molar-refractivity contribution >= 4 is 5.78 Å². The number of rotatable bonds is 2. The van der Waals surface area contributed by atoms with Crippen molar-refractivity contribution in [3.8, 4) is 0 Å². The fourth-order valence-corrected chi connectivity index (χ4v) is 3.30. The van der Waals surface area contributed by atoms with E-state index in [1.165, 1.54) is 12.1 Å². The molecular weight excluding hydrogens is 251 g/mol. The van der Waals surface area contributed by atoms with Gasteiger partial charge in [-0.25, -0.2) is 4.39 Å². The van der Waals surface area contributed by atoms with Crippen LogP contribution in [0.25, 0.3) is 0 Å². The summed E-state index contributed by atoms with van der Waals surface area (Å²) in [6.07, 6.45) is 4.08. The van der Waals surface area contributed by atoms with Crippen LogP contribution in [-0.4, -0.2) is 5.78 Å². The Kier molecular flexibility index (Phi) is 4.04. The lowest BCUT2D eigenvalue weighted by Gasteiger charge is -2.41. The second kappa shape index (κ2) is 5.31. The van der Waals surface area contributed by atoms with Crippen LogP contribution in [0.5, 0.6) is 0 Å². The molecule has 0 aliphatic heterocycles. The van der Waals surface area contributed by atoms with E-state index in [1.54, 1.807) is 12.1 Å². The molecule has 0 radical (unpaired) electrons. The van der Waals surface area contributed by atoms with E-state index in [2.05, 4.69) is 27.7 Å². The molecular formula is C18H25FO. The number of benzene rings is 1. The van der Waals surface area contributed by atoms with Crippen LogP contribution in [0.1, 0.15) is 63.7 Å². The van der Waals surface area contributed by atoms with E-state index in [1.807, 2.05) is 0 Å². The molecule has 0 amide bonds. The summed E-state index contributed by atoms with van der Waals surface area (Å²) in [5, 5.41) is 0. The lowest BCUT2D eigenvalue weighted by Crippen LogP contribution is -2.36. The Morgan fingerprint density at radius 1 is 1.15 bits per heavy atom. The van der Waals surface area contributed by atoms with Crippen molar-refractivity contribution in [2.75, 3.05) is 0 Å². The molecule has 0 spiro atoms. The van der Waals surface area contributed by atoms with Gasteiger partial charge in [-0.2, -0.15) is 0 Å². The van der Waals surface area contributed by atoms with Gasteiger partial charge < -0.3 is 0 Å². The summed E-state index contributed by atoms with van der Waals surface area (Å²) in [5.41, 5.74) is 0.683. The van der Waals surface area contributed by atoms with Crippen molar-refractivity contribution in [3.05, 3.63) is 35.6 Å². The first-order chi connectivity index (χ1) is 9.22. The Bertz CT molecular complexity index is 473. The van der Waals surface area contributed by atoms with Gasteiger partial charge in [-0.3, -0.25) is 4.79 Å². The van der Waals surface area contributed by atoms with Crippen LogP contribution >= 0.6 is 0 Å². The van der Waals surface area contributed by atoms with Crippen molar-refractivity contribution in [1.29, 1.82) is 0 Å². The minimum atomic E-state index is -0.289. The number of Topliss-reactive ketones (excluding diaryl/α,β-unsaturated/α-hetero) is 1. The third kappa shape index (κ3) is 3.11. The van der Waals surface area contributed by atoms with Crippen LogP contribution in [0.4, 0.5) is 4.39 Å². The Morgan fingerprint density at radius 3 is 2.10 bits per heavy atom. The average Bonchev–Trinajstić information content (AvgIpc) is 2.38. The van der Waals surface area contributed by atoms with E-state index >= 15 is 0 Å². The predicted molar refractivity (Wildman–Crippen MR) is 80.3 cm³/mol. The highest BCUT2D eigenvalue weighted by Crippen LogP contribution is 2.46. The highest BCUT2D eigenvalue weighted by Gasteiger charge is 2.40. The summed E-state index contributed by atoms with van der Waals surface area (Å²) in [7, 11) is 0. The summed E-state index contributed by atoms with van der Waals surface area (Å²) >= 11 is 0. The molecule has 0 N–H and O–H groups in total. The molecule has 2 heteroatoms. The quantitative estimate of drug-likeness (QED) is 0.674. The Hall–Kier alpha value is -1.18. The zero-order valence-corrected chi connectivity index (χ0v) is 13.0. The lowest BCUT2D eigenvalue weighted by atomic mass is 9.63. The van der Waals surface area contributed by atoms with Gasteiger partial charge in [-0.05, 0) is 61.3 Å². The Labute approximate surface area is 121 Å². The van der Waals surface area contributed by atoms with Crippen LogP contribution < -0.4 is 0 Å². The van der Waals surface area contributed by atoms with Crippen LogP contribution in [-0.2, 0) is 0 Å². The molecule has 0 unspecified atom stereocenters. The number of hydrogen-bond acceptors (Lipinski definition) is 1. The monoisotopic (exact) mass is 276 g/mol. The van der Waals surface area contributed by atoms with E-state index in [9.17, 15) is 9.18 Å². The number of carbonyl (C=O) groups excluding carboxylic acids is 1. The molecule has 1 aromatic carbocycles. The summed E-state index contributed by atoms with van der Waals surface area (Å²) in [6, 6.07) is 5.96. The summed E-state index contributed by atoms with van der Waals surface area (Å²) in [5.74, 6) is 0.574. The van der Waals surface area contributed by atoms with Gasteiger partial charge >= 0.3 is 0 Å². The standard InChI is InChI=1S/C18H25FO/c1-17(2,3)14-9-11-18(4,12-10-14)16(20)13-5-7-15(19)8-6-13/h5-8,14H,9-12H2,1-4H3. The molecule has 20 heavy (non-hydrogen) atoms. The van der Waals surface area contributed by atoms with Crippen molar-refractivity contribution in [2.24, 2.45) is 16.7 Å². The SMILES string of the molecule is CC1(C(=O)c2ccc(F)cc2)CCC(C(C)(C)C)CC1. The summed E-state index contributed by atoms with van der Waals surface area (Å²) in [6.45, 7) is 8.91. The van der Waals surface area contributed by atoms with E-state index in [-0.39, 0.29) is 17.0 Å². The molecule has 2 rings (SSSR count). The van der Waals surface area contributed by atoms with Gasteiger partial charge in [-0.15, -0.1) is 0 Å². The van der Waals surface area contributed by atoms with Crippen LogP contribution in [0, 0.1) is 22.6 Å². The van der Waals surface area contributed by atoms with E-state index < -0.39 is 0 Å². The van der Waals surface area contributed by atoms with Crippen LogP contribution in [0.2, 0.25) is 0 Å². The first-order valence-corrected chi connectivity index (χ1v) is 7.53. The maximum Gasteiger partial charge on any atom is 0.168 e. The second-order valence-electron chi connectivity index (χ2n) is 7.54. The minimum absolute atomic E-state index is 0.171. The fourth-order valence-electron chi connectivity index (χ4n) is 3.30. The molecule has 1 aliphatic carbocycles. The van der Waals surface area contributed by atoms with Crippen molar-refractivity contribution in [2.45, 2.75) is 53.4 Å². The number of hydrogen-bond donors (Lipinski definition) is 0. The molecule has 0 saturated heterocycles. The smallest absolute Gasteiger partial charge is 0.168 e. The van der Waals surface area contributed by atoms with E-state index in [4.69, 9.17) is 0 Å². The molecule has 0 heterocycles. The Morgan fingerprint density at radius 2 is 1.65 bits per heavy atom. The van der Waals surface area contributed by atoms with Crippen molar-refractivity contribution in [1.82, 2.24) is 0 Å². The second-order valence-corrected chi connectivity index (χ2v) is 7.54. The van der Waals surface area contributed by atoms with Gasteiger partial charge in [0.2, 0.25) is 0 Å². The third-order valence-corrected chi connectivity index (χ3v) is 4.97.